The summed E-state index contributed by atoms with van der Waals surface area (Å²) < 4.78 is 9.41. The molecule has 1 aromatic heterocycles. The molecule has 13 heavy (non-hydrogen) atoms. The van der Waals surface area contributed by atoms with Crippen molar-refractivity contribution in [3.05, 3.63) is 5.82 Å². The van der Waals surface area contributed by atoms with Crippen molar-refractivity contribution >= 4 is 11.5 Å². The van der Waals surface area contributed by atoms with Gasteiger partial charge in [-0.25, -0.2) is 0 Å². The molecular formula is C8H15N3OS. The molecule has 74 valence electrons. The Bertz CT molecular complexity index is 272. The zero-order valence-corrected chi connectivity index (χ0v) is 9.02. The standard InChI is InChI=1S/C8H15N3OS/c1-4-8(3,9)5-12-7-10-6(2)11-13-7/h4-5,9H2,1-3H3. The van der Waals surface area contributed by atoms with Crippen LogP contribution in [0.1, 0.15) is 26.1 Å². The van der Waals surface area contributed by atoms with Gasteiger partial charge in [-0.1, -0.05) is 6.92 Å². The summed E-state index contributed by atoms with van der Waals surface area (Å²) in [5.41, 5.74) is 5.62. The fourth-order valence-electron chi connectivity index (χ4n) is 0.665. The van der Waals surface area contributed by atoms with E-state index in [0.717, 1.165) is 12.2 Å². The number of hydrogen-bond donors (Lipinski definition) is 1. The average Bonchev–Trinajstić information content (AvgIpc) is 2.48. The quantitative estimate of drug-likeness (QED) is 0.798. The molecule has 0 aliphatic carbocycles. The fraction of sp³-hybridized carbons (Fsp3) is 0.750. The van der Waals surface area contributed by atoms with Gasteiger partial charge in [0.15, 0.2) is 0 Å². The Balaban J connectivity index is 2.43. The Kier molecular flexibility index (Phi) is 3.22. The molecule has 0 aliphatic heterocycles. The van der Waals surface area contributed by atoms with Gasteiger partial charge >= 0.3 is 0 Å². The number of hydrogen-bond acceptors (Lipinski definition) is 5. The maximum absolute atomic E-state index is 5.90. The second-order valence-corrected chi connectivity index (χ2v) is 4.12. The van der Waals surface area contributed by atoms with Crippen LogP contribution in [0.15, 0.2) is 0 Å². The van der Waals surface area contributed by atoms with Crippen LogP contribution in [0.5, 0.6) is 5.19 Å². The molecule has 2 N–H and O–H groups in total. The summed E-state index contributed by atoms with van der Waals surface area (Å²) in [4.78, 5) is 4.08. The predicted molar refractivity (Wildman–Crippen MR) is 53.0 cm³/mol. The van der Waals surface area contributed by atoms with Crippen molar-refractivity contribution in [3.63, 3.8) is 0 Å². The smallest absolute Gasteiger partial charge is 0.293 e. The van der Waals surface area contributed by atoms with Crippen molar-refractivity contribution in [1.82, 2.24) is 9.36 Å². The summed E-state index contributed by atoms with van der Waals surface area (Å²) in [6.45, 7) is 6.32. The van der Waals surface area contributed by atoms with Crippen LogP contribution in [0.2, 0.25) is 0 Å². The van der Waals surface area contributed by atoms with E-state index < -0.39 is 0 Å². The van der Waals surface area contributed by atoms with Crippen molar-refractivity contribution < 1.29 is 4.74 Å². The number of ether oxygens (including phenoxy) is 1. The molecule has 5 heteroatoms. The number of rotatable bonds is 4. The summed E-state index contributed by atoms with van der Waals surface area (Å²) in [5, 5.41) is 0.600. The minimum absolute atomic E-state index is 0.278. The van der Waals surface area contributed by atoms with E-state index in [-0.39, 0.29) is 5.54 Å². The van der Waals surface area contributed by atoms with Crippen LogP contribution in [0, 0.1) is 6.92 Å². The van der Waals surface area contributed by atoms with E-state index in [1.165, 1.54) is 11.5 Å². The molecule has 0 bridgehead atoms. The van der Waals surface area contributed by atoms with Crippen LogP contribution in [0.4, 0.5) is 0 Å². The molecule has 1 aromatic rings. The Labute approximate surface area is 82.3 Å². The monoisotopic (exact) mass is 201 g/mol. The minimum atomic E-state index is -0.278. The Morgan fingerprint density at radius 1 is 1.62 bits per heavy atom. The average molecular weight is 201 g/mol. The fourth-order valence-corrected chi connectivity index (χ4v) is 1.20. The molecule has 0 spiro atoms. The molecule has 0 radical (unpaired) electrons. The number of aromatic nitrogens is 2. The van der Waals surface area contributed by atoms with Gasteiger partial charge in [-0.15, -0.1) is 0 Å². The first kappa shape index (κ1) is 10.4. The normalized spacial score (nSPS) is 15.4. The molecule has 1 atom stereocenters. The van der Waals surface area contributed by atoms with E-state index in [4.69, 9.17) is 10.5 Å². The van der Waals surface area contributed by atoms with E-state index in [1.54, 1.807) is 0 Å². The van der Waals surface area contributed by atoms with Gasteiger partial charge in [0.05, 0.1) is 0 Å². The third kappa shape index (κ3) is 3.28. The highest BCUT2D eigenvalue weighted by Crippen LogP contribution is 2.15. The zero-order chi connectivity index (χ0) is 9.90. The van der Waals surface area contributed by atoms with Crippen molar-refractivity contribution in [2.75, 3.05) is 6.61 Å². The maximum Gasteiger partial charge on any atom is 0.293 e. The van der Waals surface area contributed by atoms with Gasteiger partial charge in [0, 0.05) is 17.1 Å². The Morgan fingerprint density at radius 3 is 2.77 bits per heavy atom. The van der Waals surface area contributed by atoms with E-state index in [2.05, 4.69) is 9.36 Å². The third-order valence-corrected chi connectivity index (χ3v) is 2.56. The lowest BCUT2D eigenvalue weighted by Crippen LogP contribution is -2.41. The molecule has 0 fully saturated rings. The highest BCUT2D eigenvalue weighted by molar-refractivity contribution is 7.07. The summed E-state index contributed by atoms with van der Waals surface area (Å²) in [7, 11) is 0. The number of aryl methyl sites for hydroxylation is 1. The Hall–Kier alpha value is -0.680. The second-order valence-electron chi connectivity index (χ2n) is 3.40. The first-order chi connectivity index (χ1) is 6.03. The molecule has 1 heterocycles. The van der Waals surface area contributed by atoms with Gasteiger partial charge in [0.1, 0.15) is 12.4 Å². The molecule has 4 nitrogen and oxygen atoms in total. The SMILES string of the molecule is CCC(C)(N)COc1nc(C)ns1. The molecule has 0 aromatic carbocycles. The van der Waals surface area contributed by atoms with Crippen LogP contribution in [-0.2, 0) is 0 Å². The predicted octanol–water partition coefficient (Wildman–Crippen LogP) is 1.35. The molecule has 0 amide bonds. The largest absolute Gasteiger partial charge is 0.467 e. The molecular weight excluding hydrogens is 186 g/mol. The lowest BCUT2D eigenvalue weighted by atomic mass is 10.0. The number of nitrogens with two attached hydrogens (primary N) is 1. The van der Waals surface area contributed by atoms with Crippen molar-refractivity contribution in [2.45, 2.75) is 32.7 Å². The molecule has 1 unspecified atom stereocenters. The number of nitrogens with zero attached hydrogens (tertiary/aromatic N) is 2. The van der Waals surface area contributed by atoms with Gasteiger partial charge in [0.2, 0.25) is 0 Å². The lowest BCUT2D eigenvalue weighted by molar-refractivity contribution is 0.225. The second kappa shape index (κ2) is 4.02. The Morgan fingerprint density at radius 2 is 2.31 bits per heavy atom. The van der Waals surface area contributed by atoms with E-state index in [1.807, 2.05) is 20.8 Å². The maximum atomic E-state index is 5.90. The van der Waals surface area contributed by atoms with Gasteiger partial charge in [-0.05, 0) is 20.3 Å². The van der Waals surface area contributed by atoms with Gasteiger partial charge in [-0.3, -0.25) is 0 Å². The third-order valence-electron chi connectivity index (χ3n) is 1.84. The van der Waals surface area contributed by atoms with Crippen LogP contribution in [0.25, 0.3) is 0 Å². The van der Waals surface area contributed by atoms with Gasteiger partial charge < -0.3 is 10.5 Å². The molecule has 0 saturated carbocycles. The summed E-state index contributed by atoms with van der Waals surface area (Å²) in [6.07, 6.45) is 0.880. The van der Waals surface area contributed by atoms with Crippen molar-refractivity contribution in [3.8, 4) is 5.19 Å². The van der Waals surface area contributed by atoms with Crippen LogP contribution < -0.4 is 10.5 Å². The van der Waals surface area contributed by atoms with Crippen LogP contribution in [0.3, 0.4) is 0 Å². The topological polar surface area (TPSA) is 61.0 Å². The summed E-state index contributed by atoms with van der Waals surface area (Å²) in [6, 6.07) is 0. The van der Waals surface area contributed by atoms with Gasteiger partial charge in [0.25, 0.3) is 5.19 Å². The highest BCUT2D eigenvalue weighted by Gasteiger charge is 2.17. The van der Waals surface area contributed by atoms with Crippen molar-refractivity contribution in [1.29, 1.82) is 0 Å². The van der Waals surface area contributed by atoms with Crippen LogP contribution >= 0.6 is 11.5 Å². The lowest BCUT2D eigenvalue weighted by Gasteiger charge is -2.21. The molecule has 1 rings (SSSR count). The van der Waals surface area contributed by atoms with Crippen LogP contribution in [-0.4, -0.2) is 21.5 Å². The van der Waals surface area contributed by atoms with Crippen molar-refractivity contribution in [2.24, 2.45) is 5.73 Å². The first-order valence-electron chi connectivity index (χ1n) is 4.25. The minimum Gasteiger partial charge on any atom is -0.467 e. The molecule has 0 saturated heterocycles. The van der Waals surface area contributed by atoms with E-state index >= 15 is 0 Å². The van der Waals surface area contributed by atoms with Gasteiger partial charge in [-0.2, -0.15) is 9.36 Å². The molecule has 0 aliphatic rings. The summed E-state index contributed by atoms with van der Waals surface area (Å²) in [5.74, 6) is 0.746. The first-order valence-corrected chi connectivity index (χ1v) is 5.03. The summed E-state index contributed by atoms with van der Waals surface area (Å²) >= 11 is 1.26. The zero-order valence-electron chi connectivity index (χ0n) is 8.20. The van der Waals surface area contributed by atoms with E-state index in [0.29, 0.717) is 11.8 Å². The van der Waals surface area contributed by atoms with E-state index in [9.17, 15) is 0 Å². The highest BCUT2D eigenvalue weighted by atomic mass is 32.1.